The molecule has 11 heteroatoms. The number of carbonyl (C=O) groups is 2. The number of methoxy groups -OCH3 is 6. The molecule has 2 aliphatic rings. The van der Waals surface area contributed by atoms with E-state index in [0.29, 0.717) is 19.4 Å². The topological polar surface area (TPSA) is 117 Å². The highest BCUT2D eigenvalue weighted by Crippen LogP contribution is 2.54. The van der Waals surface area contributed by atoms with Gasteiger partial charge in [-0.1, -0.05) is 0 Å². The minimum atomic E-state index is -0.695. The Bertz CT molecular complexity index is 1190. The minimum absolute atomic E-state index is 0.0447. The molecule has 1 saturated heterocycles. The Balaban J connectivity index is 2.15. The van der Waals surface area contributed by atoms with Gasteiger partial charge in [0.25, 0.3) is 0 Å². The SMILES string of the molecule is COc1cc2c(c(OC)c1OC)-c1c(cc(OC)c(OC)c1OC)C(=O)O[C@H]1CCCO[C@@H]1COC2=O. The molecular formula is C26H30O11. The maximum atomic E-state index is 13.7. The van der Waals surface area contributed by atoms with Crippen LogP contribution in [0, 0.1) is 0 Å². The van der Waals surface area contributed by atoms with E-state index in [0.717, 1.165) is 0 Å². The predicted molar refractivity (Wildman–Crippen MR) is 130 cm³/mol. The van der Waals surface area contributed by atoms with Gasteiger partial charge in [-0.05, 0) is 25.0 Å². The van der Waals surface area contributed by atoms with E-state index in [9.17, 15) is 9.59 Å². The second kappa shape index (κ2) is 11.0. The van der Waals surface area contributed by atoms with Gasteiger partial charge in [0.05, 0.1) is 53.8 Å². The molecule has 2 atom stereocenters. The van der Waals surface area contributed by atoms with Gasteiger partial charge in [-0.3, -0.25) is 0 Å². The highest BCUT2D eigenvalue weighted by molar-refractivity contribution is 6.08. The summed E-state index contributed by atoms with van der Waals surface area (Å²) >= 11 is 0. The highest BCUT2D eigenvalue weighted by atomic mass is 16.6. The Morgan fingerprint density at radius 1 is 0.676 bits per heavy atom. The minimum Gasteiger partial charge on any atom is -0.493 e. The highest BCUT2D eigenvalue weighted by Gasteiger charge is 2.38. The smallest absolute Gasteiger partial charge is 0.339 e. The van der Waals surface area contributed by atoms with Crippen molar-refractivity contribution in [3.8, 4) is 45.6 Å². The van der Waals surface area contributed by atoms with Gasteiger partial charge in [0.15, 0.2) is 23.0 Å². The van der Waals surface area contributed by atoms with Crippen LogP contribution in [0.5, 0.6) is 34.5 Å². The van der Waals surface area contributed by atoms with E-state index < -0.39 is 24.1 Å². The Morgan fingerprint density at radius 3 is 1.68 bits per heavy atom. The Kier molecular flexibility index (Phi) is 7.82. The first-order chi connectivity index (χ1) is 17.9. The summed E-state index contributed by atoms with van der Waals surface area (Å²) in [4.78, 5) is 27.3. The molecule has 200 valence electrons. The zero-order chi connectivity index (χ0) is 26.7. The van der Waals surface area contributed by atoms with Crippen LogP contribution < -0.4 is 28.4 Å². The molecule has 0 N–H and O–H groups in total. The molecule has 2 aromatic rings. The molecule has 0 aromatic heterocycles. The number of rotatable bonds is 6. The fourth-order valence-corrected chi connectivity index (χ4v) is 4.67. The third-order valence-electron chi connectivity index (χ3n) is 6.37. The average Bonchev–Trinajstić information content (AvgIpc) is 2.94. The number of fused-ring (bicyclic) bond motifs is 4. The van der Waals surface area contributed by atoms with Crippen molar-refractivity contribution in [3.63, 3.8) is 0 Å². The van der Waals surface area contributed by atoms with Crippen molar-refractivity contribution in [2.24, 2.45) is 0 Å². The van der Waals surface area contributed by atoms with Gasteiger partial charge in [-0.15, -0.1) is 0 Å². The fraction of sp³-hybridized carbons (Fsp3) is 0.462. The lowest BCUT2D eigenvalue weighted by Gasteiger charge is -2.30. The first-order valence-electron chi connectivity index (χ1n) is 11.6. The number of hydrogen-bond acceptors (Lipinski definition) is 11. The molecule has 2 aromatic carbocycles. The number of carbonyl (C=O) groups excluding carboxylic acids is 2. The lowest BCUT2D eigenvalue weighted by molar-refractivity contribution is -0.104. The Hall–Kier alpha value is -3.86. The largest absolute Gasteiger partial charge is 0.493 e. The molecular weight excluding hydrogens is 488 g/mol. The van der Waals surface area contributed by atoms with Crippen LogP contribution in [0.2, 0.25) is 0 Å². The van der Waals surface area contributed by atoms with Crippen molar-refractivity contribution in [2.75, 3.05) is 55.9 Å². The van der Waals surface area contributed by atoms with Crippen LogP contribution in [0.1, 0.15) is 33.6 Å². The maximum absolute atomic E-state index is 13.7. The van der Waals surface area contributed by atoms with E-state index in [2.05, 4.69) is 0 Å². The molecule has 0 radical (unpaired) electrons. The summed E-state index contributed by atoms with van der Waals surface area (Å²) in [7, 11) is 8.54. The van der Waals surface area contributed by atoms with Crippen molar-refractivity contribution in [1.29, 1.82) is 0 Å². The Labute approximate surface area is 214 Å². The van der Waals surface area contributed by atoms with Crippen molar-refractivity contribution in [1.82, 2.24) is 0 Å². The summed E-state index contributed by atoms with van der Waals surface area (Å²) in [6.07, 6.45) is -0.0256. The van der Waals surface area contributed by atoms with E-state index >= 15 is 0 Å². The van der Waals surface area contributed by atoms with Gasteiger partial charge >= 0.3 is 11.9 Å². The molecule has 1 fully saturated rings. The summed E-state index contributed by atoms with van der Waals surface area (Å²) in [5, 5.41) is 0. The normalized spacial score (nSPS) is 19.1. The second-order valence-electron chi connectivity index (χ2n) is 8.23. The van der Waals surface area contributed by atoms with Crippen LogP contribution in [0.15, 0.2) is 12.1 Å². The van der Waals surface area contributed by atoms with Crippen LogP contribution in [-0.4, -0.2) is 80.0 Å². The summed E-state index contributed by atoms with van der Waals surface area (Å²) in [6, 6.07) is 2.93. The van der Waals surface area contributed by atoms with Gasteiger partial charge in [0.2, 0.25) is 11.5 Å². The first-order valence-corrected chi connectivity index (χ1v) is 11.6. The average molecular weight is 519 g/mol. The fourth-order valence-electron chi connectivity index (χ4n) is 4.67. The van der Waals surface area contributed by atoms with Crippen LogP contribution in [0.3, 0.4) is 0 Å². The van der Waals surface area contributed by atoms with Crippen molar-refractivity contribution in [3.05, 3.63) is 23.3 Å². The van der Waals surface area contributed by atoms with Crippen molar-refractivity contribution in [2.45, 2.75) is 25.0 Å². The third kappa shape index (κ3) is 4.55. The van der Waals surface area contributed by atoms with Crippen LogP contribution in [-0.2, 0) is 14.2 Å². The number of ether oxygens (including phenoxy) is 9. The molecule has 0 unspecified atom stereocenters. The quantitative estimate of drug-likeness (QED) is 0.525. The second-order valence-corrected chi connectivity index (χ2v) is 8.23. The number of esters is 2. The van der Waals surface area contributed by atoms with Crippen molar-refractivity contribution >= 4 is 11.9 Å². The first kappa shape index (κ1) is 26.2. The van der Waals surface area contributed by atoms with E-state index in [1.165, 1.54) is 54.8 Å². The number of cyclic esters (lactones) is 1. The molecule has 0 aliphatic carbocycles. The number of hydrogen-bond donors (Lipinski definition) is 0. The molecule has 4 rings (SSSR count). The van der Waals surface area contributed by atoms with Crippen LogP contribution >= 0.6 is 0 Å². The summed E-state index contributed by atoms with van der Waals surface area (Å²) in [6.45, 7) is 0.341. The van der Waals surface area contributed by atoms with E-state index in [-0.39, 0.29) is 63.4 Å². The molecule has 0 saturated carbocycles. The van der Waals surface area contributed by atoms with E-state index in [1.54, 1.807) is 0 Å². The van der Waals surface area contributed by atoms with Gasteiger partial charge in [-0.2, -0.15) is 0 Å². The van der Waals surface area contributed by atoms with Crippen LogP contribution in [0.4, 0.5) is 0 Å². The third-order valence-corrected chi connectivity index (χ3v) is 6.37. The molecule has 37 heavy (non-hydrogen) atoms. The zero-order valence-corrected chi connectivity index (χ0v) is 21.6. The lowest BCUT2D eigenvalue weighted by Crippen LogP contribution is -2.41. The standard InChI is InChI=1S/C26H30O11/c1-29-16-10-13-19(23(33-5)21(16)31-3)20-14(11-17(30-2)22(32-4)24(20)34-6)26(28)37-15-8-7-9-35-18(15)12-36-25(13)27/h10-11,15,18H,7-9,12H2,1-6H3/t15-,18+/m0/s1. The van der Waals surface area contributed by atoms with Gasteiger partial charge < -0.3 is 42.6 Å². The predicted octanol–water partition coefficient (Wildman–Crippen LogP) is 3.28. The van der Waals surface area contributed by atoms with Gasteiger partial charge in [0, 0.05) is 17.7 Å². The van der Waals surface area contributed by atoms with E-state index in [1.807, 2.05) is 0 Å². The summed E-state index contributed by atoms with van der Waals surface area (Å²) in [5.41, 5.74) is 0.439. The molecule has 2 aliphatic heterocycles. The molecule has 11 nitrogen and oxygen atoms in total. The lowest BCUT2D eigenvalue weighted by atomic mass is 9.91. The van der Waals surface area contributed by atoms with Gasteiger partial charge in [-0.25, -0.2) is 9.59 Å². The van der Waals surface area contributed by atoms with Crippen LogP contribution in [0.25, 0.3) is 11.1 Å². The molecule has 0 amide bonds. The zero-order valence-electron chi connectivity index (χ0n) is 21.6. The molecule has 0 spiro atoms. The Morgan fingerprint density at radius 2 is 1.19 bits per heavy atom. The summed E-state index contributed by atoms with van der Waals surface area (Å²) < 4.78 is 50.9. The maximum Gasteiger partial charge on any atom is 0.339 e. The van der Waals surface area contributed by atoms with Gasteiger partial charge in [0.1, 0.15) is 18.8 Å². The summed E-state index contributed by atoms with van der Waals surface area (Å²) in [5.74, 6) is -0.303. The van der Waals surface area contributed by atoms with Crippen molar-refractivity contribution < 1.29 is 52.2 Å². The number of benzene rings is 2. The molecule has 0 bridgehead atoms. The molecule has 2 heterocycles. The monoisotopic (exact) mass is 518 g/mol. The van der Waals surface area contributed by atoms with E-state index in [4.69, 9.17) is 42.6 Å².